The molecule has 1 aromatic carbocycles. The van der Waals surface area contributed by atoms with Crippen molar-refractivity contribution in [3.05, 3.63) is 36.0 Å². The highest BCUT2D eigenvalue weighted by Gasteiger charge is 2.12. The molecule has 0 aliphatic carbocycles. The third kappa shape index (κ3) is 3.05. The molecule has 0 bridgehead atoms. The maximum atomic E-state index is 12.0. The molecular formula is C15H18N2O3. The number of aldehydes is 1. The fourth-order valence-electron chi connectivity index (χ4n) is 2.27. The van der Waals surface area contributed by atoms with Crippen molar-refractivity contribution in [2.24, 2.45) is 0 Å². The lowest BCUT2D eigenvalue weighted by Crippen LogP contribution is -2.37. The molecule has 0 spiro atoms. The molecule has 1 unspecified atom stereocenters. The molecular weight excluding hydrogens is 256 g/mol. The van der Waals surface area contributed by atoms with Crippen LogP contribution in [0.4, 0.5) is 0 Å². The van der Waals surface area contributed by atoms with Crippen LogP contribution in [0.1, 0.15) is 17.3 Å². The standard InChI is InChI=1S/C15H18N2O3/c1-11(10-20-2)16-15(19)8-17-7-12(9-18)13-5-3-4-6-14(13)17/h3-7,9,11H,8,10H2,1-2H3,(H,16,19). The van der Waals surface area contributed by atoms with Crippen molar-refractivity contribution in [1.82, 2.24) is 9.88 Å². The molecule has 0 radical (unpaired) electrons. The van der Waals surface area contributed by atoms with E-state index < -0.39 is 0 Å². The number of rotatable bonds is 6. The Labute approximate surface area is 117 Å². The number of carbonyl (C=O) groups is 2. The number of nitrogens with one attached hydrogen (secondary N) is 1. The van der Waals surface area contributed by atoms with E-state index in [1.165, 1.54) is 0 Å². The van der Waals surface area contributed by atoms with Gasteiger partial charge in [-0.1, -0.05) is 18.2 Å². The third-order valence-corrected chi connectivity index (χ3v) is 3.08. The van der Waals surface area contributed by atoms with Crippen LogP contribution >= 0.6 is 0 Å². The Morgan fingerprint density at radius 2 is 2.20 bits per heavy atom. The van der Waals surface area contributed by atoms with Gasteiger partial charge in [-0.05, 0) is 13.0 Å². The van der Waals surface area contributed by atoms with E-state index in [0.717, 1.165) is 17.2 Å². The van der Waals surface area contributed by atoms with E-state index >= 15 is 0 Å². The molecule has 1 atom stereocenters. The SMILES string of the molecule is COCC(C)NC(=O)Cn1cc(C=O)c2ccccc21. The highest BCUT2D eigenvalue weighted by atomic mass is 16.5. The average Bonchev–Trinajstić information content (AvgIpc) is 2.77. The number of hydrogen-bond acceptors (Lipinski definition) is 3. The molecule has 0 fully saturated rings. The first kappa shape index (κ1) is 14.3. The van der Waals surface area contributed by atoms with Gasteiger partial charge in [0.15, 0.2) is 6.29 Å². The Morgan fingerprint density at radius 3 is 2.90 bits per heavy atom. The number of hydrogen-bond donors (Lipinski definition) is 1. The summed E-state index contributed by atoms with van der Waals surface area (Å²) in [7, 11) is 1.60. The van der Waals surface area contributed by atoms with Crippen molar-refractivity contribution in [1.29, 1.82) is 0 Å². The molecule has 5 heteroatoms. The normalized spacial score (nSPS) is 12.3. The van der Waals surface area contributed by atoms with Gasteiger partial charge in [-0.15, -0.1) is 0 Å². The van der Waals surface area contributed by atoms with Gasteiger partial charge in [-0.2, -0.15) is 0 Å². The predicted molar refractivity (Wildman–Crippen MR) is 76.8 cm³/mol. The Morgan fingerprint density at radius 1 is 1.45 bits per heavy atom. The highest BCUT2D eigenvalue weighted by molar-refractivity contribution is 5.98. The first-order valence-corrected chi connectivity index (χ1v) is 6.47. The largest absolute Gasteiger partial charge is 0.383 e. The predicted octanol–water partition coefficient (Wildman–Crippen LogP) is 1.60. The van der Waals surface area contributed by atoms with E-state index in [9.17, 15) is 9.59 Å². The number of nitrogens with zero attached hydrogens (tertiary/aromatic N) is 1. The van der Waals surface area contributed by atoms with Crippen molar-refractivity contribution >= 4 is 23.1 Å². The van der Waals surface area contributed by atoms with E-state index in [2.05, 4.69) is 5.32 Å². The number of carbonyl (C=O) groups excluding carboxylic acids is 2. The summed E-state index contributed by atoms with van der Waals surface area (Å²) >= 11 is 0. The van der Waals surface area contributed by atoms with Gasteiger partial charge in [-0.25, -0.2) is 0 Å². The Bertz CT molecular complexity index is 619. The van der Waals surface area contributed by atoms with Gasteiger partial charge >= 0.3 is 0 Å². The van der Waals surface area contributed by atoms with Crippen LogP contribution in [-0.4, -0.2) is 36.5 Å². The molecule has 20 heavy (non-hydrogen) atoms. The molecule has 1 amide bonds. The van der Waals surface area contributed by atoms with Gasteiger partial charge < -0.3 is 14.6 Å². The van der Waals surface area contributed by atoms with Crippen LogP contribution in [0.2, 0.25) is 0 Å². The lowest BCUT2D eigenvalue weighted by atomic mass is 10.2. The zero-order valence-corrected chi connectivity index (χ0v) is 11.6. The highest BCUT2D eigenvalue weighted by Crippen LogP contribution is 2.19. The van der Waals surface area contributed by atoms with E-state index in [1.807, 2.05) is 31.2 Å². The Balaban J connectivity index is 2.17. The fourth-order valence-corrected chi connectivity index (χ4v) is 2.27. The topological polar surface area (TPSA) is 60.3 Å². The van der Waals surface area contributed by atoms with Crippen LogP contribution in [0.5, 0.6) is 0 Å². The van der Waals surface area contributed by atoms with Crippen molar-refractivity contribution in [3.63, 3.8) is 0 Å². The van der Waals surface area contributed by atoms with Crippen LogP contribution in [0.15, 0.2) is 30.5 Å². The van der Waals surface area contributed by atoms with Crippen molar-refractivity contribution in [2.45, 2.75) is 19.5 Å². The van der Waals surface area contributed by atoms with Gasteiger partial charge in [0.25, 0.3) is 0 Å². The smallest absolute Gasteiger partial charge is 0.240 e. The van der Waals surface area contributed by atoms with Gasteiger partial charge in [-0.3, -0.25) is 9.59 Å². The minimum atomic E-state index is -0.104. The van der Waals surface area contributed by atoms with Crippen molar-refractivity contribution in [3.8, 4) is 0 Å². The summed E-state index contributed by atoms with van der Waals surface area (Å²) < 4.78 is 6.76. The summed E-state index contributed by atoms with van der Waals surface area (Å²) in [6.45, 7) is 2.53. The van der Waals surface area contributed by atoms with Crippen LogP contribution in [0.25, 0.3) is 10.9 Å². The summed E-state index contributed by atoms with van der Waals surface area (Å²) in [4.78, 5) is 23.0. The lowest BCUT2D eigenvalue weighted by molar-refractivity contribution is -0.122. The van der Waals surface area contributed by atoms with Gasteiger partial charge in [0.1, 0.15) is 6.54 Å². The summed E-state index contributed by atoms with van der Waals surface area (Å²) in [5.41, 5.74) is 1.47. The van der Waals surface area contributed by atoms with Crippen LogP contribution in [0.3, 0.4) is 0 Å². The van der Waals surface area contributed by atoms with Gasteiger partial charge in [0.2, 0.25) is 5.91 Å². The van der Waals surface area contributed by atoms with Crippen LogP contribution in [0, 0.1) is 0 Å². The fraction of sp³-hybridized carbons (Fsp3) is 0.333. The Kier molecular flexibility index (Phi) is 4.53. The number of ether oxygens (including phenoxy) is 1. The molecule has 106 valence electrons. The zero-order valence-electron chi connectivity index (χ0n) is 11.6. The van der Waals surface area contributed by atoms with Gasteiger partial charge in [0, 0.05) is 35.8 Å². The maximum absolute atomic E-state index is 12.0. The molecule has 1 N–H and O–H groups in total. The zero-order chi connectivity index (χ0) is 14.5. The quantitative estimate of drug-likeness (QED) is 0.814. The monoisotopic (exact) mass is 274 g/mol. The minimum Gasteiger partial charge on any atom is -0.383 e. The van der Waals surface area contributed by atoms with Crippen molar-refractivity contribution < 1.29 is 14.3 Å². The first-order chi connectivity index (χ1) is 9.65. The number of amides is 1. The molecule has 5 nitrogen and oxygen atoms in total. The molecule has 0 aliphatic rings. The van der Waals surface area contributed by atoms with E-state index in [1.54, 1.807) is 17.9 Å². The number of benzene rings is 1. The molecule has 0 saturated carbocycles. The third-order valence-electron chi connectivity index (χ3n) is 3.08. The van der Waals surface area contributed by atoms with E-state index in [0.29, 0.717) is 12.2 Å². The number of aromatic nitrogens is 1. The van der Waals surface area contributed by atoms with Crippen LogP contribution in [-0.2, 0) is 16.1 Å². The van der Waals surface area contributed by atoms with E-state index in [4.69, 9.17) is 4.74 Å². The summed E-state index contributed by atoms with van der Waals surface area (Å²) in [5, 5.41) is 3.71. The molecule has 1 heterocycles. The number of para-hydroxylation sites is 1. The van der Waals surface area contributed by atoms with Gasteiger partial charge in [0.05, 0.1) is 6.61 Å². The average molecular weight is 274 g/mol. The number of fused-ring (bicyclic) bond motifs is 1. The molecule has 0 saturated heterocycles. The first-order valence-electron chi connectivity index (χ1n) is 6.47. The molecule has 0 aliphatic heterocycles. The second-order valence-corrected chi connectivity index (χ2v) is 4.77. The summed E-state index contributed by atoms with van der Waals surface area (Å²) in [6, 6.07) is 7.49. The minimum absolute atomic E-state index is 0.0418. The summed E-state index contributed by atoms with van der Waals surface area (Å²) in [6.07, 6.45) is 2.52. The van der Waals surface area contributed by atoms with Crippen LogP contribution < -0.4 is 5.32 Å². The molecule has 2 aromatic rings. The molecule has 2 rings (SSSR count). The molecule has 1 aromatic heterocycles. The maximum Gasteiger partial charge on any atom is 0.240 e. The van der Waals surface area contributed by atoms with E-state index in [-0.39, 0.29) is 18.5 Å². The lowest BCUT2D eigenvalue weighted by Gasteiger charge is -2.13. The second kappa shape index (κ2) is 6.34. The van der Waals surface area contributed by atoms with Crippen molar-refractivity contribution in [2.75, 3.05) is 13.7 Å². The Hall–Kier alpha value is -2.14. The summed E-state index contributed by atoms with van der Waals surface area (Å²) in [5.74, 6) is -0.104. The number of methoxy groups -OCH3 is 1. The second-order valence-electron chi connectivity index (χ2n) is 4.77.